The van der Waals surface area contributed by atoms with Crippen LogP contribution in [0.2, 0.25) is 5.02 Å². The Morgan fingerprint density at radius 3 is 2.37 bits per heavy atom. The van der Waals surface area contributed by atoms with Crippen molar-refractivity contribution < 1.29 is 19.1 Å². The van der Waals surface area contributed by atoms with E-state index in [1.807, 2.05) is 18.2 Å². The summed E-state index contributed by atoms with van der Waals surface area (Å²) in [4.78, 5) is 26.7. The molecule has 0 heterocycles. The number of carboxylic acids is 1. The third-order valence-electron chi connectivity index (χ3n) is 6.34. The molecule has 1 atom stereocenters. The van der Waals surface area contributed by atoms with Crippen LogP contribution in [0, 0.1) is 17.7 Å². The van der Waals surface area contributed by atoms with E-state index in [2.05, 4.69) is 29.4 Å². The summed E-state index contributed by atoms with van der Waals surface area (Å²) in [6.07, 6.45) is 6.10. The van der Waals surface area contributed by atoms with Crippen molar-refractivity contribution in [2.24, 2.45) is 11.8 Å². The minimum atomic E-state index is -0.872. The molecular formula is C27H35ClFN3O3. The number of nitrogens with one attached hydrogen (secondary N) is 2. The first-order chi connectivity index (χ1) is 16.6. The van der Waals surface area contributed by atoms with Crippen LogP contribution in [-0.4, -0.2) is 29.7 Å². The molecule has 1 fully saturated rings. The molecule has 1 unspecified atom stereocenters. The molecule has 0 aliphatic heterocycles. The molecule has 0 saturated heterocycles. The number of nitrogens with zero attached hydrogens (tertiary/aromatic N) is 1. The zero-order valence-electron chi connectivity index (χ0n) is 20.6. The number of urea groups is 1. The highest BCUT2D eigenvalue weighted by molar-refractivity contribution is 6.30. The van der Waals surface area contributed by atoms with Crippen molar-refractivity contribution in [3.05, 3.63) is 52.8 Å². The van der Waals surface area contributed by atoms with E-state index < -0.39 is 23.7 Å². The average molecular weight is 504 g/mol. The average Bonchev–Trinajstić information content (AvgIpc) is 2.80. The maximum absolute atomic E-state index is 14.2. The molecule has 0 bridgehead atoms. The molecule has 0 aromatic heterocycles. The lowest BCUT2D eigenvalue weighted by molar-refractivity contribution is -0.141. The number of carboxylic acid groups (broad SMARTS) is 1. The van der Waals surface area contributed by atoms with Gasteiger partial charge in [-0.2, -0.15) is 0 Å². The number of benzene rings is 2. The lowest BCUT2D eigenvalue weighted by Gasteiger charge is -2.38. The van der Waals surface area contributed by atoms with Crippen LogP contribution < -0.4 is 15.5 Å². The number of anilines is 3. The first kappa shape index (κ1) is 26.8. The molecule has 1 saturated carbocycles. The minimum absolute atomic E-state index is 0.0235. The molecule has 2 aromatic carbocycles. The van der Waals surface area contributed by atoms with Crippen molar-refractivity contribution in [3.63, 3.8) is 0 Å². The molecule has 2 amide bonds. The van der Waals surface area contributed by atoms with Gasteiger partial charge in [-0.25, -0.2) is 9.18 Å². The topological polar surface area (TPSA) is 81.7 Å². The fourth-order valence-corrected chi connectivity index (χ4v) is 4.76. The molecule has 1 aliphatic rings. The van der Waals surface area contributed by atoms with Crippen LogP contribution in [0.15, 0.2) is 36.4 Å². The Bertz CT molecular complexity index is 1040. The van der Waals surface area contributed by atoms with E-state index >= 15 is 0 Å². The molecule has 190 valence electrons. The molecule has 0 spiro atoms. The summed E-state index contributed by atoms with van der Waals surface area (Å²) in [5.41, 5.74) is 2.31. The first-order valence-corrected chi connectivity index (χ1v) is 12.7. The number of carbonyl (C=O) groups excluding carboxylic acids is 1. The second kappa shape index (κ2) is 12.2. The Kier molecular flexibility index (Phi) is 9.38. The van der Waals surface area contributed by atoms with E-state index in [4.69, 9.17) is 11.6 Å². The Hall–Kier alpha value is -2.80. The number of carbonyl (C=O) groups is 2. The van der Waals surface area contributed by atoms with Crippen LogP contribution in [0.25, 0.3) is 0 Å². The van der Waals surface area contributed by atoms with Gasteiger partial charge in [0.05, 0.1) is 23.0 Å². The van der Waals surface area contributed by atoms with Gasteiger partial charge in [0.2, 0.25) is 0 Å². The van der Waals surface area contributed by atoms with Crippen molar-refractivity contribution in [3.8, 4) is 0 Å². The summed E-state index contributed by atoms with van der Waals surface area (Å²) in [7, 11) is 0. The molecule has 6 nitrogen and oxygen atoms in total. The molecule has 0 radical (unpaired) electrons. The van der Waals surface area contributed by atoms with Crippen molar-refractivity contribution in [1.29, 1.82) is 0 Å². The molecule has 2 aromatic rings. The number of hydrogen-bond acceptors (Lipinski definition) is 3. The van der Waals surface area contributed by atoms with Gasteiger partial charge in [-0.1, -0.05) is 57.7 Å². The number of amides is 2. The smallest absolute Gasteiger partial charge is 0.323 e. The Morgan fingerprint density at radius 1 is 1.06 bits per heavy atom. The Morgan fingerprint density at radius 2 is 1.74 bits per heavy atom. The molecule has 8 heteroatoms. The summed E-state index contributed by atoms with van der Waals surface area (Å²) in [6.45, 7) is 6.83. The number of hydrogen-bond donors (Lipinski definition) is 3. The highest BCUT2D eigenvalue weighted by Gasteiger charge is 2.25. The zero-order chi connectivity index (χ0) is 25.5. The maximum atomic E-state index is 14.2. The normalized spacial score (nSPS) is 15.0. The van der Waals surface area contributed by atoms with E-state index in [1.54, 1.807) is 6.92 Å². The molecule has 3 rings (SSSR count). The van der Waals surface area contributed by atoms with Crippen LogP contribution in [-0.2, 0) is 11.2 Å². The fourth-order valence-electron chi connectivity index (χ4n) is 4.60. The molecular weight excluding hydrogens is 469 g/mol. The summed E-state index contributed by atoms with van der Waals surface area (Å²) in [6, 6.07) is 9.60. The van der Waals surface area contributed by atoms with E-state index in [-0.39, 0.29) is 10.7 Å². The zero-order valence-corrected chi connectivity index (χ0v) is 21.4. The summed E-state index contributed by atoms with van der Waals surface area (Å²) in [5.74, 6) is -1.65. The van der Waals surface area contributed by atoms with Crippen LogP contribution in [0.3, 0.4) is 0 Å². The van der Waals surface area contributed by atoms with Gasteiger partial charge in [-0.15, -0.1) is 0 Å². The van der Waals surface area contributed by atoms with Gasteiger partial charge in [0, 0.05) is 17.6 Å². The number of halogens is 2. The van der Waals surface area contributed by atoms with Gasteiger partial charge in [0.1, 0.15) is 5.82 Å². The highest BCUT2D eigenvalue weighted by atomic mass is 35.5. The maximum Gasteiger partial charge on any atom is 0.323 e. The van der Waals surface area contributed by atoms with E-state index in [9.17, 15) is 19.1 Å². The van der Waals surface area contributed by atoms with Crippen LogP contribution >= 0.6 is 11.6 Å². The van der Waals surface area contributed by atoms with E-state index in [0.717, 1.165) is 36.7 Å². The van der Waals surface area contributed by atoms with Gasteiger partial charge < -0.3 is 20.6 Å². The second-order valence-electron chi connectivity index (χ2n) is 9.84. The molecule has 1 aliphatic carbocycles. The standard InChI is InChI=1S/C27H35ClFN3O3/c1-17(2)16-32(21-7-5-4-6-8-21)25-12-9-19(13-18(3)26(33)34)14-24(25)31-27(35)30-23-11-10-20(28)15-22(23)29/h9-12,14-15,17-18,21H,4-8,13,16H2,1-3H3,(H,33,34)(H2,30,31,35). The summed E-state index contributed by atoms with van der Waals surface area (Å²) in [5, 5.41) is 15.0. The van der Waals surface area contributed by atoms with Gasteiger partial charge in [-0.05, 0) is 61.1 Å². The Balaban J connectivity index is 1.93. The lowest BCUT2D eigenvalue weighted by atomic mass is 9.92. The van der Waals surface area contributed by atoms with E-state index in [0.29, 0.717) is 24.1 Å². The van der Waals surface area contributed by atoms with Crippen molar-refractivity contribution >= 4 is 40.7 Å². The monoisotopic (exact) mass is 503 g/mol. The molecule has 3 N–H and O–H groups in total. The lowest BCUT2D eigenvalue weighted by Crippen LogP contribution is -2.40. The van der Waals surface area contributed by atoms with Crippen LogP contribution in [0.1, 0.15) is 58.4 Å². The van der Waals surface area contributed by atoms with Gasteiger partial charge in [-0.3, -0.25) is 4.79 Å². The van der Waals surface area contributed by atoms with Crippen LogP contribution in [0.5, 0.6) is 0 Å². The number of aliphatic carboxylic acids is 1. The van der Waals surface area contributed by atoms with Crippen LogP contribution in [0.4, 0.5) is 26.2 Å². The minimum Gasteiger partial charge on any atom is -0.481 e. The SMILES string of the molecule is CC(C)CN(c1ccc(CC(C)C(=O)O)cc1NC(=O)Nc1ccc(Cl)cc1F)C1CCCCC1. The first-order valence-electron chi connectivity index (χ1n) is 12.3. The van der Waals surface area contributed by atoms with Gasteiger partial charge >= 0.3 is 12.0 Å². The summed E-state index contributed by atoms with van der Waals surface area (Å²) < 4.78 is 14.2. The van der Waals surface area contributed by atoms with Gasteiger partial charge in [0.15, 0.2) is 0 Å². The third-order valence-corrected chi connectivity index (χ3v) is 6.57. The van der Waals surface area contributed by atoms with Crippen molar-refractivity contribution in [2.45, 2.75) is 65.3 Å². The highest BCUT2D eigenvalue weighted by Crippen LogP contribution is 2.35. The predicted octanol–water partition coefficient (Wildman–Crippen LogP) is 7.18. The molecule has 35 heavy (non-hydrogen) atoms. The van der Waals surface area contributed by atoms with E-state index in [1.165, 1.54) is 31.4 Å². The number of rotatable bonds is 9. The fraction of sp³-hybridized carbons (Fsp3) is 0.481. The quantitative estimate of drug-likeness (QED) is 0.338. The summed E-state index contributed by atoms with van der Waals surface area (Å²) >= 11 is 5.82. The second-order valence-corrected chi connectivity index (χ2v) is 10.3. The van der Waals surface area contributed by atoms with Crippen molar-refractivity contribution in [2.75, 3.05) is 22.1 Å². The largest absolute Gasteiger partial charge is 0.481 e. The Labute approximate surface area is 211 Å². The van der Waals surface area contributed by atoms with Crippen molar-refractivity contribution in [1.82, 2.24) is 0 Å². The third kappa shape index (κ3) is 7.59. The van der Waals surface area contributed by atoms with Gasteiger partial charge in [0.25, 0.3) is 0 Å². The predicted molar refractivity (Wildman–Crippen MR) is 140 cm³/mol.